The number of hydrogen-bond donors (Lipinski definition) is 0. The van der Waals surface area contributed by atoms with Crippen LogP contribution in [-0.2, 0) is 28.6 Å². The first-order chi connectivity index (χ1) is 33.0. The maximum atomic E-state index is 12.8. The molecule has 0 amide bonds. The minimum atomic E-state index is -0.808. The second kappa shape index (κ2) is 54.7. The topological polar surface area (TPSA) is 78.9 Å². The van der Waals surface area contributed by atoms with E-state index in [0.29, 0.717) is 19.3 Å². The van der Waals surface area contributed by atoms with Gasteiger partial charge in [0.25, 0.3) is 0 Å². The molecule has 0 aromatic heterocycles. The maximum absolute atomic E-state index is 12.8. The van der Waals surface area contributed by atoms with E-state index in [1.807, 2.05) is 72.9 Å². The molecule has 0 aromatic rings. The third-order valence-electron chi connectivity index (χ3n) is 11.5. The van der Waals surface area contributed by atoms with Gasteiger partial charge in [0.15, 0.2) is 6.10 Å². The highest BCUT2D eigenvalue weighted by atomic mass is 16.6. The van der Waals surface area contributed by atoms with Crippen molar-refractivity contribution in [1.29, 1.82) is 0 Å². The van der Waals surface area contributed by atoms with Crippen molar-refractivity contribution in [2.75, 3.05) is 13.2 Å². The summed E-state index contributed by atoms with van der Waals surface area (Å²) in [6.45, 7) is 6.38. The van der Waals surface area contributed by atoms with E-state index in [4.69, 9.17) is 14.2 Å². The lowest BCUT2D eigenvalue weighted by atomic mass is 10.0. The summed E-state index contributed by atoms with van der Waals surface area (Å²) >= 11 is 0. The SMILES string of the molecule is CC\C=C/C=C\C=C/C=C\C=C\C=C/C=C\CCCCCC(=O)OCC(COC(=O)CCCCC/C=C\C=C/CCCC)OC(=O)CCCCCCCCCCCCCCCCCCCCC. The number of hydrogen-bond acceptors (Lipinski definition) is 6. The average Bonchev–Trinajstić information content (AvgIpc) is 3.33. The predicted octanol–water partition coefficient (Wildman–Crippen LogP) is 18.3. The third kappa shape index (κ3) is 52.9. The van der Waals surface area contributed by atoms with Crippen LogP contribution in [0, 0.1) is 0 Å². The summed E-state index contributed by atoms with van der Waals surface area (Å²) in [6.07, 6.45) is 73.6. The molecule has 0 aliphatic rings. The monoisotopic (exact) mass is 929 g/mol. The van der Waals surface area contributed by atoms with Gasteiger partial charge in [0.05, 0.1) is 0 Å². The number of esters is 3. The van der Waals surface area contributed by atoms with Gasteiger partial charge in [-0.05, 0) is 57.8 Å². The lowest BCUT2D eigenvalue weighted by Crippen LogP contribution is -2.30. The second-order valence-corrected chi connectivity index (χ2v) is 18.0. The van der Waals surface area contributed by atoms with E-state index >= 15 is 0 Å². The first kappa shape index (κ1) is 63.1. The zero-order valence-electron chi connectivity index (χ0n) is 43.4. The van der Waals surface area contributed by atoms with Gasteiger partial charge in [0, 0.05) is 19.3 Å². The average molecular weight is 929 g/mol. The van der Waals surface area contributed by atoms with Gasteiger partial charge >= 0.3 is 17.9 Å². The highest BCUT2D eigenvalue weighted by Gasteiger charge is 2.19. The Hall–Kier alpha value is -3.93. The van der Waals surface area contributed by atoms with Gasteiger partial charge in [-0.15, -0.1) is 0 Å². The molecule has 0 heterocycles. The Morgan fingerprint density at radius 2 is 0.597 bits per heavy atom. The summed E-state index contributed by atoms with van der Waals surface area (Å²) in [7, 11) is 0. The Labute approximate surface area is 412 Å². The lowest BCUT2D eigenvalue weighted by molar-refractivity contribution is -0.167. The van der Waals surface area contributed by atoms with Crippen molar-refractivity contribution >= 4 is 17.9 Å². The van der Waals surface area contributed by atoms with Crippen molar-refractivity contribution < 1.29 is 28.6 Å². The van der Waals surface area contributed by atoms with E-state index in [2.05, 4.69) is 57.2 Å². The number of ether oxygens (including phenoxy) is 3. The molecule has 0 aliphatic carbocycles. The van der Waals surface area contributed by atoms with Gasteiger partial charge in [0.1, 0.15) is 13.2 Å². The molecule has 0 bridgehead atoms. The molecule has 6 heteroatoms. The predicted molar refractivity (Wildman–Crippen MR) is 288 cm³/mol. The van der Waals surface area contributed by atoms with Crippen molar-refractivity contribution in [3.05, 3.63) is 109 Å². The van der Waals surface area contributed by atoms with E-state index in [1.165, 1.54) is 116 Å². The molecule has 0 saturated heterocycles. The van der Waals surface area contributed by atoms with Gasteiger partial charge in [-0.1, -0.05) is 271 Å². The molecule has 0 aromatic carbocycles. The van der Waals surface area contributed by atoms with E-state index in [-0.39, 0.29) is 31.1 Å². The van der Waals surface area contributed by atoms with Crippen LogP contribution in [0.15, 0.2) is 109 Å². The number of allylic oxidation sites excluding steroid dienone is 18. The van der Waals surface area contributed by atoms with E-state index < -0.39 is 6.10 Å². The van der Waals surface area contributed by atoms with Crippen molar-refractivity contribution in [3.63, 3.8) is 0 Å². The van der Waals surface area contributed by atoms with Crippen LogP contribution in [0.3, 0.4) is 0 Å². The van der Waals surface area contributed by atoms with Crippen LogP contribution in [0.1, 0.15) is 239 Å². The Morgan fingerprint density at radius 3 is 0.970 bits per heavy atom. The minimum Gasteiger partial charge on any atom is -0.462 e. The van der Waals surface area contributed by atoms with E-state index in [9.17, 15) is 14.4 Å². The Kier molecular flexibility index (Phi) is 51.5. The maximum Gasteiger partial charge on any atom is 0.306 e. The van der Waals surface area contributed by atoms with Gasteiger partial charge in [-0.2, -0.15) is 0 Å². The second-order valence-electron chi connectivity index (χ2n) is 18.0. The van der Waals surface area contributed by atoms with Crippen molar-refractivity contribution in [2.24, 2.45) is 0 Å². The third-order valence-corrected chi connectivity index (χ3v) is 11.5. The van der Waals surface area contributed by atoms with Crippen molar-refractivity contribution in [3.8, 4) is 0 Å². The number of carbonyl (C=O) groups excluding carboxylic acids is 3. The van der Waals surface area contributed by atoms with Gasteiger partial charge < -0.3 is 14.2 Å². The fourth-order valence-electron chi connectivity index (χ4n) is 7.34. The van der Waals surface area contributed by atoms with Crippen LogP contribution in [0.4, 0.5) is 0 Å². The smallest absolute Gasteiger partial charge is 0.306 e. The van der Waals surface area contributed by atoms with Crippen LogP contribution >= 0.6 is 0 Å². The molecule has 0 rings (SSSR count). The first-order valence-electron chi connectivity index (χ1n) is 27.5. The molecule has 0 N–H and O–H groups in total. The molecule has 1 atom stereocenters. The number of carbonyl (C=O) groups is 3. The zero-order valence-corrected chi connectivity index (χ0v) is 43.4. The standard InChI is InChI=1S/C61H100O6/c1-4-7-10-13-16-19-22-24-26-28-30-32-34-36-39-42-45-48-51-54-60(63)66-57-58(56-65-59(62)53-50-47-44-41-38-21-18-15-12-9-6-3)67-61(64)55-52-49-46-43-40-37-35-33-31-29-27-25-23-20-17-14-11-8-5-2/h7,10,13,15-16,18-19,21-22,24,26,28,30,32,34,36,38-39,58H,4-6,8-9,11-12,14,17,20,23,25,27,29,31,33,35,37,40-57H2,1-3H3/b10-7-,16-13-,18-15-,22-19-,26-24-,30-28+,34-32-,38-21-,39-36-. The van der Waals surface area contributed by atoms with Gasteiger partial charge in [-0.3, -0.25) is 14.4 Å². The fourth-order valence-corrected chi connectivity index (χ4v) is 7.34. The fraction of sp³-hybridized carbons (Fsp3) is 0.656. The molecular weight excluding hydrogens is 829 g/mol. The van der Waals surface area contributed by atoms with Crippen LogP contribution in [0.5, 0.6) is 0 Å². The number of unbranched alkanes of at least 4 members (excludes halogenated alkanes) is 26. The molecule has 6 nitrogen and oxygen atoms in total. The van der Waals surface area contributed by atoms with E-state index in [1.54, 1.807) is 0 Å². The molecule has 0 fully saturated rings. The van der Waals surface area contributed by atoms with Crippen LogP contribution < -0.4 is 0 Å². The molecule has 380 valence electrons. The van der Waals surface area contributed by atoms with Crippen molar-refractivity contribution in [1.82, 2.24) is 0 Å². The van der Waals surface area contributed by atoms with Crippen LogP contribution in [0.2, 0.25) is 0 Å². The molecule has 0 saturated carbocycles. The summed E-state index contributed by atoms with van der Waals surface area (Å²) in [5.41, 5.74) is 0. The first-order valence-corrected chi connectivity index (χ1v) is 27.5. The van der Waals surface area contributed by atoms with E-state index in [0.717, 1.165) is 83.5 Å². The molecule has 0 radical (unpaired) electrons. The van der Waals surface area contributed by atoms with Gasteiger partial charge in [-0.25, -0.2) is 0 Å². The van der Waals surface area contributed by atoms with Crippen molar-refractivity contribution in [2.45, 2.75) is 245 Å². The normalized spacial score (nSPS) is 12.9. The molecule has 67 heavy (non-hydrogen) atoms. The van der Waals surface area contributed by atoms with Gasteiger partial charge in [0.2, 0.25) is 0 Å². The summed E-state index contributed by atoms with van der Waals surface area (Å²) in [6, 6.07) is 0. The Bertz CT molecular complexity index is 1390. The summed E-state index contributed by atoms with van der Waals surface area (Å²) in [5, 5.41) is 0. The minimum absolute atomic E-state index is 0.107. The molecular formula is C61H100O6. The largest absolute Gasteiger partial charge is 0.462 e. The quantitative estimate of drug-likeness (QED) is 0.0262. The summed E-state index contributed by atoms with van der Waals surface area (Å²) in [5.74, 6) is -0.977. The Morgan fingerprint density at radius 1 is 0.313 bits per heavy atom. The number of rotatable bonds is 48. The highest BCUT2D eigenvalue weighted by Crippen LogP contribution is 2.16. The molecule has 1 unspecified atom stereocenters. The summed E-state index contributed by atoms with van der Waals surface area (Å²) < 4.78 is 16.8. The zero-order chi connectivity index (χ0) is 48.6. The van der Waals surface area contributed by atoms with Crippen LogP contribution in [-0.4, -0.2) is 37.2 Å². The highest BCUT2D eigenvalue weighted by molar-refractivity contribution is 5.71. The molecule has 0 aliphatic heterocycles. The summed E-state index contributed by atoms with van der Waals surface area (Å²) in [4.78, 5) is 38.0. The Balaban J connectivity index is 4.46. The lowest BCUT2D eigenvalue weighted by Gasteiger charge is -2.18. The molecule has 0 spiro atoms. The van der Waals surface area contributed by atoms with Crippen LogP contribution in [0.25, 0.3) is 0 Å².